The molecular weight excluding hydrogens is 308 g/mol. The second-order valence-electron chi connectivity index (χ2n) is 5.19. The predicted molar refractivity (Wildman–Crippen MR) is 92.5 cm³/mol. The predicted octanol–water partition coefficient (Wildman–Crippen LogP) is 2.59. The van der Waals surface area contributed by atoms with Crippen molar-refractivity contribution < 1.29 is 14.3 Å². The Bertz CT molecular complexity index is 725. The third-order valence-electron chi connectivity index (χ3n) is 3.47. The Morgan fingerprint density at radius 2 is 2.08 bits per heavy atom. The molecule has 2 amide bonds. The van der Waals surface area contributed by atoms with E-state index in [0.29, 0.717) is 42.3 Å². The Morgan fingerprint density at radius 3 is 2.75 bits per heavy atom. The van der Waals surface area contributed by atoms with Crippen LogP contribution in [0.2, 0.25) is 0 Å². The Hall–Kier alpha value is -2.83. The van der Waals surface area contributed by atoms with Crippen molar-refractivity contribution in [2.24, 2.45) is 7.05 Å². The van der Waals surface area contributed by atoms with Crippen molar-refractivity contribution in [2.75, 3.05) is 17.2 Å². The van der Waals surface area contributed by atoms with E-state index in [0.717, 1.165) is 12.1 Å². The number of hydrogen-bond donors (Lipinski definition) is 2. The summed E-state index contributed by atoms with van der Waals surface area (Å²) in [5.74, 6) is 0.664. The van der Waals surface area contributed by atoms with Gasteiger partial charge in [0.05, 0.1) is 17.9 Å². The normalized spacial score (nSPS) is 10.3. The highest BCUT2D eigenvalue weighted by molar-refractivity contribution is 6.08. The zero-order valence-electron chi connectivity index (χ0n) is 14.1. The highest BCUT2D eigenvalue weighted by atomic mass is 16.5. The van der Waals surface area contributed by atoms with Gasteiger partial charge >= 0.3 is 0 Å². The highest BCUT2D eigenvalue weighted by Crippen LogP contribution is 2.28. The quantitative estimate of drug-likeness (QED) is 0.729. The smallest absolute Gasteiger partial charge is 0.259 e. The Balaban J connectivity index is 2.36. The second-order valence-corrected chi connectivity index (χ2v) is 5.19. The molecule has 7 nitrogen and oxygen atoms in total. The Morgan fingerprint density at radius 1 is 1.33 bits per heavy atom. The van der Waals surface area contributed by atoms with Crippen LogP contribution in [0.25, 0.3) is 0 Å². The molecular formula is C17H22N4O3. The van der Waals surface area contributed by atoms with Crippen molar-refractivity contribution >= 4 is 23.8 Å². The maximum atomic E-state index is 12.7. The standard InChI is InChI=1S/C17H22N4O3/c1-4-8-13-15(16(18-11-22)21(3)20-13)19-17(23)12-9-6-7-10-14(12)24-5-2/h6-7,9-11H,4-5,8H2,1-3H3,(H,18,22)(H,19,23). The van der Waals surface area contributed by atoms with Crippen LogP contribution < -0.4 is 15.4 Å². The Kier molecular flexibility index (Phi) is 5.95. The van der Waals surface area contributed by atoms with Crippen molar-refractivity contribution in [1.29, 1.82) is 0 Å². The number of amides is 2. The SMILES string of the molecule is CCCc1nn(C)c(NC=O)c1NC(=O)c1ccccc1OCC. The maximum absolute atomic E-state index is 12.7. The van der Waals surface area contributed by atoms with E-state index in [-0.39, 0.29) is 5.91 Å². The summed E-state index contributed by atoms with van der Waals surface area (Å²) in [6.45, 7) is 4.36. The van der Waals surface area contributed by atoms with Gasteiger partial charge in [-0.1, -0.05) is 25.5 Å². The van der Waals surface area contributed by atoms with Gasteiger partial charge in [-0.2, -0.15) is 5.10 Å². The first-order chi connectivity index (χ1) is 11.6. The number of aryl methyl sites for hydroxylation is 2. The van der Waals surface area contributed by atoms with E-state index in [9.17, 15) is 9.59 Å². The molecule has 1 aromatic carbocycles. The van der Waals surface area contributed by atoms with Gasteiger partial charge in [0.15, 0.2) is 5.82 Å². The van der Waals surface area contributed by atoms with Crippen LogP contribution in [-0.2, 0) is 18.3 Å². The molecule has 0 fully saturated rings. The fourth-order valence-corrected chi connectivity index (χ4v) is 2.46. The lowest BCUT2D eigenvalue weighted by molar-refractivity contribution is -0.105. The molecule has 0 aliphatic rings. The van der Waals surface area contributed by atoms with Crippen LogP contribution in [0.4, 0.5) is 11.5 Å². The molecule has 1 aromatic heterocycles. The molecule has 0 spiro atoms. The molecule has 0 saturated heterocycles. The molecule has 0 aliphatic carbocycles. The fourth-order valence-electron chi connectivity index (χ4n) is 2.46. The van der Waals surface area contributed by atoms with Gasteiger partial charge < -0.3 is 15.4 Å². The van der Waals surface area contributed by atoms with E-state index in [1.807, 2.05) is 19.9 Å². The largest absolute Gasteiger partial charge is 0.493 e. The molecule has 24 heavy (non-hydrogen) atoms. The topological polar surface area (TPSA) is 85.3 Å². The van der Waals surface area contributed by atoms with Gasteiger partial charge in [-0.25, -0.2) is 0 Å². The van der Waals surface area contributed by atoms with Gasteiger partial charge in [0.2, 0.25) is 6.41 Å². The number of carbonyl (C=O) groups excluding carboxylic acids is 2. The van der Waals surface area contributed by atoms with E-state index in [1.165, 1.54) is 0 Å². The summed E-state index contributed by atoms with van der Waals surface area (Å²) in [4.78, 5) is 23.5. The minimum absolute atomic E-state index is 0.307. The minimum Gasteiger partial charge on any atom is -0.493 e. The highest BCUT2D eigenvalue weighted by Gasteiger charge is 2.20. The summed E-state index contributed by atoms with van der Waals surface area (Å²) >= 11 is 0. The number of aromatic nitrogens is 2. The van der Waals surface area contributed by atoms with Gasteiger partial charge in [0, 0.05) is 7.05 Å². The average molecular weight is 330 g/mol. The lowest BCUT2D eigenvalue weighted by Gasteiger charge is -2.11. The molecule has 2 rings (SSSR count). The van der Waals surface area contributed by atoms with Crippen molar-refractivity contribution in [3.63, 3.8) is 0 Å². The van der Waals surface area contributed by atoms with Crippen LogP contribution in [0.5, 0.6) is 5.75 Å². The first kappa shape index (κ1) is 17.5. The minimum atomic E-state index is -0.307. The molecule has 2 N–H and O–H groups in total. The van der Waals surface area contributed by atoms with E-state index >= 15 is 0 Å². The van der Waals surface area contributed by atoms with Gasteiger partial charge in [-0.15, -0.1) is 0 Å². The molecule has 0 bridgehead atoms. The molecule has 2 aromatic rings. The van der Waals surface area contributed by atoms with Crippen molar-refractivity contribution in [3.05, 3.63) is 35.5 Å². The van der Waals surface area contributed by atoms with E-state index in [1.54, 1.807) is 29.9 Å². The first-order valence-corrected chi connectivity index (χ1v) is 7.91. The lowest BCUT2D eigenvalue weighted by Crippen LogP contribution is -2.16. The van der Waals surface area contributed by atoms with Gasteiger partial charge in [0.25, 0.3) is 5.91 Å². The number of nitrogens with zero attached hydrogens (tertiary/aromatic N) is 2. The number of nitrogens with one attached hydrogen (secondary N) is 2. The summed E-state index contributed by atoms with van der Waals surface area (Å²) in [6, 6.07) is 7.04. The number of rotatable bonds is 8. The molecule has 7 heteroatoms. The summed E-state index contributed by atoms with van der Waals surface area (Å²) in [5, 5.41) is 9.83. The molecule has 0 unspecified atom stereocenters. The van der Waals surface area contributed by atoms with E-state index in [4.69, 9.17) is 4.74 Å². The number of hydrogen-bond acceptors (Lipinski definition) is 4. The van der Waals surface area contributed by atoms with Crippen LogP contribution in [0.15, 0.2) is 24.3 Å². The summed E-state index contributed by atoms with van der Waals surface area (Å²) in [5.41, 5.74) is 1.68. The maximum Gasteiger partial charge on any atom is 0.259 e. The first-order valence-electron chi connectivity index (χ1n) is 7.91. The average Bonchev–Trinajstić information content (AvgIpc) is 2.85. The van der Waals surface area contributed by atoms with E-state index < -0.39 is 0 Å². The fraction of sp³-hybridized carbons (Fsp3) is 0.353. The van der Waals surface area contributed by atoms with Crippen molar-refractivity contribution in [1.82, 2.24) is 9.78 Å². The van der Waals surface area contributed by atoms with Crippen LogP contribution in [0.3, 0.4) is 0 Å². The molecule has 1 heterocycles. The third-order valence-corrected chi connectivity index (χ3v) is 3.47. The van der Waals surface area contributed by atoms with Crippen LogP contribution in [0, 0.1) is 0 Å². The summed E-state index contributed by atoms with van der Waals surface area (Å²) in [7, 11) is 1.72. The number of carbonyl (C=O) groups is 2. The molecule has 128 valence electrons. The number of ether oxygens (including phenoxy) is 1. The second kappa shape index (κ2) is 8.14. The molecule has 0 saturated carbocycles. The Labute approximate surface area is 141 Å². The molecule has 0 aliphatic heterocycles. The summed E-state index contributed by atoms with van der Waals surface area (Å²) < 4.78 is 7.05. The van der Waals surface area contributed by atoms with Crippen molar-refractivity contribution in [2.45, 2.75) is 26.7 Å². The zero-order valence-corrected chi connectivity index (χ0v) is 14.1. The van der Waals surface area contributed by atoms with Crippen LogP contribution in [0.1, 0.15) is 36.3 Å². The summed E-state index contributed by atoms with van der Waals surface area (Å²) in [6.07, 6.45) is 2.13. The number of anilines is 2. The van der Waals surface area contributed by atoms with Crippen LogP contribution in [-0.4, -0.2) is 28.7 Å². The van der Waals surface area contributed by atoms with Crippen LogP contribution >= 0.6 is 0 Å². The monoisotopic (exact) mass is 330 g/mol. The molecule has 0 radical (unpaired) electrons. The van der Waals surface area contributed by atoms with Gasteiger partial charge in [0.1, 0.15) is 11.4 Å². The van der Waals surface area contributed by atoms with Crippen molar-refractivity contribution in [3.8, 4) is 5.75 Å². The molecule has 0 atom stereocenters. The number of benzene rings is 1. The van der Waals surface area contributed by atoms with Gasteiger partial charge in [-0.3, -0.25) is 14.3 Å². The zero-order chi connectivity index (χ0) is 17.5. The lowest BCUT2D eigenvalue weighted by atomic mass is 10.1. The van der Waals surface area contributed by atoms with E-state index in [2.05, 4.69) is 15.7 Å². The van der Waals surface area contributed by atoms with Gasteiger partial charge in [-0.05, 0) is 25.5 Å². The third kappa shape index (κ3) is 3.73. The number of para-hydroxylation sites is 1.